The summed E-state index contributed by atoms with van der Waals surface area (Å²) in [5, 5.41) is 0.803. The number of carbonyl (C=O) groups excluding carboxylic acids is 2. The van der Waals surface area contributed by atoms with Crippen LogP contribution in [-0.4, -0.2) is 22.2 Å². The summed E-state index contributed by atoms with van der Waals surface area (Å²) in [5.41, 5.74) is 1.08. The van der Waals surface area contributed by atoms with Gasteiger partial charge in [0.05, 0.1) is 17.7 Å². The highest BCUT2D eigenvalue weighted by molar-refractivity contribution is 5.96. The fourth-order valence-corrected chi connectivity index (χ4v) is 3.50. The van der Waals surface area contributed by atoms with Crippen LogP contribution in [0.15, 0.2) is 65.4 Å². The molecule has 0 aliphatic carbocycles. The van der Waals surface area contributed by atoms with E-state index in [2.05, 4.69) is 6.58 Å². The molecule has 0 N–H and O–H groups in total. The molecule has 1 fully saturated rings. The second-order valence-corrected chi connectivity index (χ2v) is 7.80. The Hall–Kier alpha value is -3.28. The van der Waals surface area contributed by atoms with Crippen molar-refractivity contribution in [2.24, 2.45) is 0 Å². The molecule has 0 amide bonds. The van der Waals surface area contributed by atoms with Crippen molar-refractivity contribution < 1.29 is 23.5 Å². The molecular formula is C22H21NO5. The smallest absolute Gasteiger partial charge is 0.419 e. The number of nitrogens with zero attached hydrogens (tertiary/aromatic N) is 1. The fourth-order valence-electron chi connectivity index (χ4n) is 3.50. The van der Waals surface area contributed by atoms with Crippen molar-refractivity contribution >= 4 is 23.0 Å². The van der Waals surface area contributed by atoms with Gasteiger partial charge in [-0.15, -0.1) is 0 Å². The number of carbonyl (C=O) groups is 2. The molecule has 6 nitrogen and oxygen atoms in total. The molecule has 0 spiro atoms. The van der Waals surface area contributed by atoms with Gasteiger partial charge in [-0.25, -0.2) is 9.59 Å². The van der Waals surface area contributed by atoms with Crippen LogP contribution in [0, 0.1) is 0 Å². The molecule has 1 aliphatic heterocycles. The predicted octanol–water partition coefficient (Wildman–Crippen LogP) is 4.96. The second-order valence-electron chi connectivity index (χ2n) is 7.80. The quantitative estimate of drug-likeness (QED) is 0.465. The molecule has 0 unspecified atom stereocenters. The lowest BCUT2D eigenvalue weighted by Crippen LogP contribution is -2.26. The van der Waals surface area contributed by atoms with Crippen LogP contribution in [0.25, 0.3) is 10.9 Å². The van der Waals surface area contributed by atoms with Crippen LogP contribution >= 0.6 is 0 Å². The minimum atomic E-state index is -0.639. The van der Waals surface area contributed by atoms with E-state index in [0.717, 1.165) is 5.39 Å². The lowest BCUT2D eigenvalue weighted by molar-refractivity contribution is -0.139. The zero-order valence-corrected chi connectivity index (χ0v) is 16.0. The van der Waals surface area contributed by atoms with Crippen molar-refractivity contribution in [2.45, 2.75) is 38.4 Å². The number of aromatic nitrogens is 1. The number of cyclic esters (lactones) is 1. The van der Waals surface area contributed by atoms with Crippen LogP contribution in [0.3, 0.4) is 0 Å². The lowest BCUT2D eigenvalue weighted by atomic mass is 9.90. The number of ether oxygens (including phenoxy) is 2. The minimum absolute atomic E-state index is 0.328. The molecule has 1 aromatic carbocycles. The Labute approximate surface area is 162 Å². The van der Waals surface area contributed by atoms with E-state index in [4.69, 9.17) is 13.9 Å². The fraction of sp³-hybridized carbons (Fsp3) is 0.273. The van der Waals surface area contributed by atoms with Gasteiger partial charge >= 0.3 is 12.1 Å². The average molecular weight is 379 g/mol. The maximum atomic E-state index is 12.7. The molecule has 0 radical (unpaired) electrons. The SMILES string of the molecule is C=C1C(=O)O[C@H](c2cn(C(=O)OC(C)(C)C)c3ccccc23)[C@@H]1c1ccco1. The van der Waals surface area contributed by atoms with E-state index in [-0.39, 0.29) is 0 Å². The maximum Gasteiger partial charge on any atom is 0.419 e. The van der Waals surface area contributed by atoms with Gasteiger partial charge < -0.3 is 13.9 Å². The van der Waals surface area contributed by atoms with Crippen LogP contribution in [0.1, 0.15) is 44.1 Å². The summed E-state index contributed by atoms with van der Waals surface area (Å²) in [6.45, 7) is 9.32. The predicted molar refractivity (Wildman–Crippen MR) is 103 cm³/mol. The summed E-state index contributed by atoms with van der Waals surface area (Å²) >= 11 is 0. The normalized spacial score (nSPS) is 19.8. The van der Waals surface area contributed by atoms with Gasteiger partial charge in [0.15, 0.2) is 0 Å². The molecule has 3 heterocycles. The van der Waals surface area contributed by atoms with Gasteiger partial charge in [0.25, 0.3) is 0 Å². The first-order valence-corrected chi connectivity index (χ1v) is 9.03. The molecule has 1 saturated heterocycles. The highest BCUT2D eigenvalue weighted by Crippen LogP contribution is 2.47. The minimum Gasteiger partial charge on any atom is -0.469 e. The van der Waals surface area contributed by atoms with Crippen LogP contribution in [0.4, 0.5) is 4.79 Å². The van der Waals surface area contributed by atoms with E-state index in [9.17, 15) is 9.59 Å². The van der Waals surface area contributed by atoms with Crippen LogP contribution in [0.2, 0.25) is 0 Å². The van der Waals surface area contributed by atoms with E-state index in [1.54, 1.807) is 24.6 Å². The Kier molecular flexibility index (Phi) is 4.14. The average Bonchev–Trinajstić information content (AvgIpc) is 3.32. The molecule has 2 aromatic heterocycles. The van der Waals surface area contributed by atoms with Crippen molar-refractivity contribution in [3.8, 4) is 0 Å². The Morgan fingerprint density at radius 2 is 1.93 bits per heavy atom. The third-order valence-electron chi connectivity index (χ3n) is 4.66. The van der Waals surface area contributed by atoms with Gasteiger partial charge in [-0.2, -0.15) is 0 Å². The van der Waals surface area contributed by atoms with Crippen molar-refractivity contribution in [2.75, 3.05) is 0 Å². The number of benzene rings is 1. The summed E-state index contributed by atoms with van der Waals surface area (Å²) in [6.07, 6.45) is 2.09. The Morgan fingerprint density at radius 1 is 1.18 bits per heavy atom. The number of para-hydroxylation sites is 1. The molecule has 1 aliphatic rings. The highest BCUT2D eigenvalue weighted by Gasteiger charge is 2.43. The Balaban J connectivity index is 1.84. The summed E-state index contributed by atoms with van der Waals surface area (Å²) in [4.78, 5) is 25.0. The first-order chi connectivity index (χ1) is 13.3. The number of hydrogen-bond donors (Lipinski definition) is 0. The van der Waals surface area contributed by atoms with Crippen molar-refractivity contribution in [3.63, 3.8) is 0 Å². The highest BCUT2D eigenvalue weighted by atomic mass is 16.6. The van der Waals surface area contributed by atoms with E-state index in [1.807, 2.05) is 45.0 Å². The van der Waals surface area contributed by atoms with Gasteiger partial charge in [0, 0.05) is 22.7 Å². The summed E-state index contributed by atoms with van der Waals surface area (Å²) in [5.74, 6) is -0.337. The number of furan rings is 1. The molecule has 4 rings (SSSR count). The molecular weight excluding hydrogens is 358 g/mol. The topological polar surface area (TPSA) is 70.7 Å². The van der Waals surface area contributed by atoms with Crippen molar-refractivity contribution in [1.29, 1.82) is 0 Å². The summed E-state index contributed by atoms with van der Waals surface area (Å²) in [7, 11) is 0. The van der Waals surface area contributed by atoms with Gasteiger partial charge in [-0.05, 0) is 39.0 Å². The van der Waals surface area contributed by atoms with Gasteiger partial charge in [-0.3, -0.25) is 4.57 Å². The first-order valence-electron chi connectivity index (χ1n) is 9.03. The standard InChI is InChI=1S/C22H21NO5/c1-13-18(17-10-7-11-26-17)19(27-20(13)24)15-12-23(21(25)28-22(2,3)4)16-9-6-5-8-14(15)16/h5-12,18-19H,1H2,2-4H3/t18-,19+/m0/s1. The number of esters is 1. The van der Waals surface area contributed by atoms with Crippen molar-refractivity contribution in [3.05, 3.63) is 72.3 Å². The Bertz CT molecular complexity index is 1070. The van der Waals surface area contributed by atoms with Crippen LogP contribution in [-0.2, 0) is 14.3 Å². The summed E-state index contributed by atoms with van der Waals surface area (Å²) < 4.78 is 18.1. The van der Waals surface area contributed by atoms with Crippen LogP contribution in [0.5, 0.6) is 0 Å². The largest absolute Gasteiger partial charge is 0.469 e. The molecule has 2 atom stereocenters. The zero-order chi connectivity index (χ0) is 20.1. The molecule has 6 heteroatoms. The zero-order valence-electron chi connectivity index (χ0n) is 16.0. The van der Waals surface area contributed by atoms with E-state index in [0.29, 0.717) is 22.4 Å². The summed E-state index contributed by atoms with van der Waals surface area (Å²) in [6, 6.07) is 11.0. The molecule has 0 saturated carbocycles. The van der Waals surface area contributed by atoms with E-state index in [1.165, 1.54) is 4.57 Å². The maximum absolute atomic E-state index is 12.7. The first kappa shape index (κ1) is 18.1. The molecule has 0 bridgehead atoms. The second kappa shape index (κ2) is 6.41. The van der Waals surface area contributed by atoms with Gasteiger partial charge in [0.2, 0.25) is 0 Å². The van der Waals surface area contributed by atoms with Crippen LogP contribution < -0.4 is 0 Å². The number of hydrogen-bond acceptors (Lipinski definition) is 5. The molecule has 28 heavy (non-hydrogen) atoms. The van der Waals surface area contributed by atoms with E-state index >= 15 is 0 Å². The third kappa shape index (κ3) is 3.01. The molecule has 3 aromatic rings. The monoisotopic (exact) mass is 379 g/mol. The number of fused-ring (bicyclic) bond motifs is 1. The van der Waals surface area contributed by atoms with Gasteiger partial charge in [0.1, 0.15) is 17.5 Å². The third-order valence-corrected chi connectivity index (χ3v) is 4.66. The van der Waals surface area contributed by atoms with Gasteiger partial charge in [-0.1, -0.05) is 24.8 Å². The number of rotatable bonds is 2. The lowest BCUT2D eigenvalue weighted by Gasteiger charge is -2.19. The van der Waals surface area contributed by atoms with E-state index < -0.39 is 29.7 Å². The molecule has 144 valence electrons. The Morgan fingerprint density at radius 3 is 2.61 bits per heavy atom. The van der Waals surface area contributed by atoms with Crippen molar-refractivity contribution in [1.82, 2.24) is 4.57 Å².